The van der Waals surface area contributed by atoms with Crippen molar-refractivity contribution in [1.82, 2.24) is 5.32 Å². The molecule has 2 rings (SSSR count). The van der Waals surface area contributed by atoms with Gasteiger partial charge in [0.2, 0.25) is 5.91 Å². The van der Waals surface area contributed by atoms with Crippen LogP contribution < -0.4 is 5.32 Å². The Hall–Kier alpha value is -0.570. The molecule has 0 aromatic rings. The fourth-order valence-corrected chi connectivity index (χ4v) is 2.58. The number of ether oxygens (including phenoxy) is 1. The number of rotatable bonds is 1. The zero-order chi connectivity index (χ0) is 9.47. The number of carbonyl (C=O) groups is 1. The first-order valence-corrected chi connectivity index (χ1v) is 5.03. The van der Waals surface area contributed by atoms with E-state index < -0.39 is 0 Å². The molecule has 2 aliphatic rings. The highest BCUT2D eigenvalue weighted by Gasteiger charge is 2.49. The van der Waals surface area contributed by atoms with Gasteiger partial charge in [0.25, 0.3) is 0 Å². The van der Waals surface area contributed by atoms with E-state index in [1.165, 1.54) is 0 Å². The maximum Gasteiger partial charge on any atom is 0.220 e. The summed E-state index contributed by atoms with van der Waals surface area (Å²) in [5.74, 6) is 1.42. The minimum Gasteiger partial charge on any atom is -0.376 e. The molecule has 74 valence electrons. The highest BCUT2D eigenvalue weighted by molar-refractivity contribution is 5.78. The Morgan fingerprint density at radius 2 is 2.23 bits per heavy atom. The lowest BCUT2D eigenvalue weighted by molar-refractivity contribution is -0.152. The largest absolute Gasteiger partial charge is 0.376 e. The lowest BCUT2D eigenvalue weighted by atomic mass is 9.71. The van der Waals surface area contributed by atoms with Crippen LogP contribution in [0.3, 0.4) is 0 Å². The number of amides is 1. The monoisotopic (exact) mass is 183 g/mol. The molecule has 2 aliphatic heterocycles. The van der Waals surface area contributed by atoms with Crippen LogP contribution in [-0.4, -0.2) is 24.7 Å². The van der Waals surface area contributed by atoms with Crippen molar-refractivity contribution in [3.8, 4) is 0 Å². The predicted molar refractivity (Wildman–Crippen MR) is 49.3 cm³/mol. The van der Waals surface area contributed by atoms with Gasteiger partial charge in [0.05, 0.1) is 18.8 Å². The summed E-state index contributed by atoms with van der Waals surface area (Å²) in [4.78, 5) is 11.3. The van der Waals surface area contributed by atoms with Gasteiger partial charge in [-0.3, -0.25) is 4.79 Å². The van der Waals surface area contributed by atoms with Gasteiger partial charge in [0, 0.05) is 6.42 Å². The third-order valence-corrected chi connectivity index (χ3v) is 3.30. The van der Waals surface area contributed by atoms with E-state index in [0.717, 1.165) is 6.42 Å². The Bertz CT molecular complexity index is 221. The zero-order valence-electron chi connectivity index (χ0n) is 8.30. The molecule has 0 bridgehead atoms. The van der Waals surface area contributed by atoms with E-state index in [9.17, 15) is 4.79 Å². The number of carbonyl (C=O) groups excluding carboxylic acids is 1. The van der Waals surface area contributed by atoms with Gasteiger partial charge in [-0.05, 0) is 18.3 Å². The fraction of sp³-hybridized carbons (Fsp3) is 0.900. The molecule has 3 heteroatoms. The summed E-state index contributed by atoms with van der Waals surface area (Å²) in [5.41, 5.74) is -0.0104. The third-order valence-electron chi connectivity index (χ3n) is 3.30. The molecule has 1 atom stereocenters. The van der Waals surface area contributed by atoms with Crippen LogP contribution in [0.2, 0.25) is 0 Å². The van der Waals surface area contributed by atoms with Gasteiger partial charge in [-0.1, -0.05) is 13.8 Å². The van der Waals surface area contributed by atoms with Crippen LogP contribution in [0, 0.1) is 11.8 Å². The minimum atomic E-state index is -0.0104. The summed E-state index contributed by atoms with van der Waals surface area (Å²) >= 11 is 0. The van der Waals surface area contributed by atoms with Crippen molar-refractivity contribution in [2.24, 2.45) is 11.8 Å². The summed E-state index contributed by atoms with van der Waals surface area (Å²) in [5, 5.41) is 3.10. The van der Waals surface area contributed by atoms with E-state index in [-0.39, 0.29) is 11.4 Å². The van der Waals surface area contributed by atoms with Crippen molar-refractivity contribution >= 4 is 5.91 Å². The summed E-state index contributed by atoms with van der Waals surface area (Å²) < 4.78 is 5.23. The molecule has 2 fully saturated rings. The van der Waals surface area contributed by atoms with Gasteiger partial charge >= 0.3 is 0 Å². The van der Waals surface area contributed by atoms with E-state index in [4.69, 9.17) is 4.74 Å². The zero-order valence-corrected chi connectivity index (χ0v) is 8.30. The van der Waals surface area contributed by atoms with Gasteiger partial charge in [-0.2, -0.15) is 0 Å². The van der Waals surface area contributed by atoms with Gasteiger partial charge in [-0.15, -0.1) is 0 Å². The summed E-state index contributed by atoms with van der Waals surface area (Å²) in [6, 6.07) is 0. The Labute approximate surface area is 78.8 Å². The normalized spacial score (nSPS) is 31.6. The number of hydrogen-bond donors (Lipinski definition) is 1. The van der Waals surface area contributed by atoms with Crippen molar-refractivity contribution in [2.75, 3.05) is 13.2 Å². The van der Waals surface area contributed by atoms with Gasteiger partial charge < -0.3 is 10.1 Å². The second-order valence-corrected chi connectivity index (χ2v) is 4.59. The van der Waals surface area contributed by atoms with Gasteiger partial charge in [-0.25, -0.2) is 0 Å². The molecule has 1 amide bonds. The molecule has 2 heterocycles. The van der Waals surface area contributed by atoms with E-state index >= 15 is 0 Å². The first-order chi connectivity index (χ1) is 6.14. The molecule has 3 nitrogen and oxygen atoms in total. The molecule has 1 N–H and O–H groups in total. The Morgan fingerprint density at radius 3 is 2.69 bits per heavy atom. The summed E-state index contributed by atoms with van der Waals surface area (Å²) in [7, 11) is 0. The number of piperidine rings is 1. The second-order valence-electron chi connectivity index (χ2n) is 4.59. The molecule has 0 aromatic heterocycles. The van der Waals surface area contributed by atoms with Crippen LogP contribution in [0.25, 0.3) is 0 Å². The standard InChI is InChI=1S/C10H17NO2/c1-7(2)8-3-4-9(12)11-10(8)5-13-6-10/h7-8H,3-6H2,1-2H3,(H,11,12). The van der Waals surface area contributed by atoms with Crippen molar-refractivity contribution in [3.63, 3.8) is 0 Å². The molecule has 2 saturated heterocycles. The summed E-state index contributed by atoms with van der Waals surface area (Å²) in [6.07, 6.45) is 1.71. The van der Waals surface area contributed by atoms with Crippen molar-refractivity contribution in [3.05, 3.63) is 0 Å². The molecule has 1 unspecified atom stereocenters. The maximum atomic E-state index is 11.3. The van der Waals surface area contributed by atoms with E-state index in [1.54, 1.807) is 0 Å². The highest BCUT2D eigenvalue weighted by atomic mass is 16.5. The first kappa shape index (κ1) is 9.00. The van der Waals surface area contributed by atoms with Crippen LogP contribution in [0.5, 0.6) is 0 Å². The average Bonchev–Trinajstić information content (AvgIpc) is 2.00. The van der Waals surface area contributed by atoms with Crippen LogP contribution in [-0.2, 0) is 9.53 Å². The summed E-state index contributed by atoms with van der Waals surface area (Å²) in [6.45, 7) is 5.87. The predicted octanol–water partition coefficient (Wildman–Crippen LogP) is 0.938. The number of nitrogens with one attached hydrogen (secondary N) is 1. The van der Waals surface area contributed by atoms with Crippen LogP contribution in [0.15, 0.2) is 0 Å². The minimum absolute atomic E-state index is 0.0104. The van der Waals surface area contributed by atoms with E-state index in [2.05, 4.69) is 19.2 Å². The first-order valence-electron chi connectivity index (χ1n) is 5.03. The molecule has 0 saturated carbocycles. The van der Waals surface area contributed by atoms with Crippen molar-refractivity contribution < 1.29 is 9.53 Å². The molecule has 0 aliphatic carbocycles. The quantitative estimate of drug-likeness (QED) is 0.657. The van der Waals surface area contributed by atoms with Crippen LogP contribution >= 0.6 is 0 Å². The molecular formula is C10H17NO2. The van der Waals surface area contributed by atoms with E-state index in [1.807, 2.05) is 0 Å². The Morgan fingerprint density at radius 1 is 1.54 bits per heavy atom. The third kappa shape index (κ3) is 1.35. The Balaban J connectivity index is 2.13. The van der Waals surface area contributed by atoms with Gasteiger partial charge in [0.1, 0.15) is 0 Å². The Kier molecular flexibility index (Phi) is 2.06. The molecule has 0 radical (unpaired) electrons. The molecular weight excluding hydrogens is 166 g/mol. The fourth-order valence-electron chi connectivity index (χ4n) is 2.58. The number of hydrogen-bond acceptors (Lipinski definition) is 2. The average molecular weight is 183 g/mol. The van der Waals surface area contributed by atoms with Gasteiger partial charge in [0.15, 0.2) is 0 Å². The topological polar surface area (TPSA) is 38.3 Å². The van der Waals surface area contributed by atoms with Crippen LogP contribution in [0.1, 0.15) is 26.7 Å². The lowest BCUT2D eigenvalue weighted by Crippen LogP contribution is -2.69. The smallest absolute Gasteiger partial charge is 0.220 e. The van der Waals surface area contributed by atoms with Crippen molar-refractivity contribution in [1.29, 1.82) is 0 Å². The maximum absolute atomic E-state index is 11.3. The highest BCUT2D eigenvalue weighted by Crippen LogP contribution is 2.37. The molecule has 0 aromatic carbocycles. The van der Waals surface area contributed by atoms with Crippen LogP contribution in [0.4, 0.5) is 0 Å². The van der Waals surface area contributed by atoms with Crippen molar-refractivity contribution in [2.45, 2.75) is 32.2 Å². The molecule has 13 heavy (non-hydrogen) atoms. The SMILES string of the molecule is CC(C)C1CCC(=O)NC12COC2. The lowest BCUT2D eigenvalue weighted by Gasteiger charge is -2.51. The second kappa shape index (κ2) is 2.98. The van der Waals surface area contributed by atoms with E-state index in [0.29, 0.717) is 31.5 Å². The molecule has 1 spiro atoms.